The molecule has 0 aromatic carbocycles. The van der Waals surface area contributed by atoms with Crippen LogP contribution in [0.2, 0.25) is 0 Å². The van der Waals surface area contributed by atoms with Gasteiger partial charge in [-0.2, -0.15) is 0 Å². The van der Waals surface area contributed by atoms with Gasteiger partial charge < -0.3 is 14.9 Å². The van der Waals surface area contributed by atoms with E-state index in [9.17, 15) is 34.0 Å². The lowest BCUT2D eigenvalue weighted by molar-refractivity contribution is -0.205. The lowest BCUT2D eigenvalue weighted by Crippen LogP contribution is -2.50. The van der Waals surface area contributed by atoms with Crippen LogP contribution in [0.25, 0.3) is 0 Å². The van der Waals surface area contributed by atoms with Gasteiger partial charge in [0.05, 0.1) is 13.2 Å². The number of hydrogen-bond acceptors (Lipinski definition) is 13. The van der Waals surface area contributed by atoms with Crippen LogP contribution in [-0.4, -0.2) is 78.9 Å². The quantitative estimate of drug-likeness (QED) is 0.223. The molecule has 4 unspecified atom stereocenters. The molecule has 2 heterocycles. The molecule has 1 aliphatic rings. The number of aliphatic hydroxyl groups excluding tert-OH is 1. The highest BCUT2D eigenvalue weighted by Gasteiger charge is 2.63. The molecule has 0 aliphatic carbocycles. The molecule has 4 atom stereocenters. The number of H-pyrrole nitrogens is 1. The highest BCUT2D eigenvalue weighted by molar-refractivity contribution is 8.14. The van der Waals surface area contributed by atoms with E-state index in [-0.39, 0.29) is 35.0 Å². The monoisotopic (exact) mass is 644 g/mol. The minimum absolute atomic E-state index is 0.0654. The van der Waals surface area contributed by atoms with Crippen molar-refractivity contribution in [3.8, 4) is 0 Å². The fourth-order valence-corrected chi connectivity index (χ4v) is 6.29. The van der Waals surface area contributed by atoms with Gasteiger partial charge in [0.1, 0.15) is 18.3 Å². The molecule has 0 bridgehead atoms. The molecule has 17 heteroatoms. The number of carbonyl (C=O) groups excluding carboxylic acids is 2. The van der Waals surface area contributed by atoms with Crippen molar-refractivity contribution < 1.29 is 47.1 Å². The molecule has 13 nitrogen and oxygen atoms in total. The molecule has 1 aliphatic heterocycles. The maximum Gasteiger partial charge on any atom is 0.475 e. The fourth-order valence-electron chi connectivity index (χ4n) is 3.28. The number of aromatic nitrogens is 2. The average molecular weight is 645 g/mol. The Hall–Kier alpha value is -1.36. The number of phosphoric acid groups is 1. The lowest BCUT2D eigenvalue weighted by atomic mass is 9.95. The zero-order valence-corrected chi connectivity index (χ0v) is 26.5. The van der Waals surface area contributed by atoms with E-state index in [0.717, 1.165) is 42.7 Å². The van der Waals surface area contributed by atoms with Crippen molar-refractivity contribution in [1.29, 1.82) is 0 Å². The highest BCUT2D eigenvalue weighted by Crippen LogP contribution is 2.53. The first-order valence-electron chi connectivity index (χ1n) is 12.6. The minimum atomic E-state index is -4.57. The van der Waals surface area contributed by atoms with E-state index in [4.69, 9.17) is 18.3 Å². The van der Waals surface area contributed by atoms with Crippen LogP contribution in [0.5, 0.6) is 0 Å². The molecule has 1 aromatic heterocycles. The third-order valence-electron chi connectivity index (χ3n) is 5.65. The van der Waals surface area contributed by atoms with Gasteiger partial charge in [-0.3, -0.25) is 37.5 Å². The van der Waals surface area contributed by atoms with Gasteiger partial charge in [-0.15, -0.1) is 0 Å². The van der Waals surface area contributed by atoms with Crippen LogP contribution >= 0.6 is 31.3 Å². The predicted molar refractivity (Wildman–Crippen MR) is 151 cm³/mol. The van der Waals surface area contributed by atoms with E-state index in [0.29, 0.717) is 4.57 Å². The topological polar surface area (TPSA) is 183 Å². The van der Waals surface area contributed by atoms with E-state index < -0.39 is 60.3 Å². The second-order valence-corrected chi connectivity index (χ2v) is 15.4. The molecule has 0 spiro atoms. The summed E-state index contributed by atoms with van der Waals surface area (Å²) in [6.45, 7) is 9.52. The van der Waals surface area contributed by atoms with Crippen molar-refractivity contribution in [3.05, 3.63) is 33.1 Å². The number of rotatable bonds is 12. The van der Waals surface area contributed by atoms with Gasteiger partial charge in [-0.05, 0) is 6.92 Å². The number of halogens is 1. The fraction of sp³-hybridized carbons (Fsp3) is 0.750. The van der Waals surface area contributed by atoms with Crippen molar-refractivity contribution in [3.63, 3.8) is 0 Å². The summed E-state index contributed by atoms with van der Waals surface area (Å²) in [7, 11) is -4.57. The Bertz CT molecular complexity index is 1220. The first-order chi connectivity index (χ1) is 18.6. The van der Waals surface area contributed by atoms with Gasteiger partial charge in [-0.25, -0.2) is 13.8 Å². The standard InChI is InChI=1S/C24H38FN2O11PS2/c1-21(2,3)18(30)40-12-10-35-39(34,36-11-13-41-19(31)22(4,5)6)37-14-24(25)16(29)23(7,33)17(38-24)27-9-8-15(28)26-20(27)32/h8-9,16-17,29,33H,10-14H2,1-7H3,(H,26,28,32). The molecule has 1 saturated heterocycles. The smallest absolute Gasteiger partial charge is 0.384 e. The van der Waals surface area contributed by atoms with Crippen molar-refractivity contribution in [2.24, 2.45) is 10.8 Å². The molecule has 2 rings (SSSR count). The van der Waals surface area contributed by atoms with E-state index in [1.165, 1.54) is 0 Å². The van der Waals surface area contributed by atoms with Crippen molar-refractivity contribution >= 4 is 41.6 Å². The van der Waals surface area contributed by atoms with E-state index in [1.54, 1.807) is 41.5 Å². The summed E-state index contributed by atoms with van der Waals surface area (Å²) in [6, 6.07) is 0.933. The zero-order valence-electron chi connectivity index (χ0n) is 24.0. The Morgan fingerprint density at radius 1 is 1.07 bits per heavy atom. The highest BCUT2D eigenvalue weighted by atomic mass is 32.2. The van der Waals surface area contributed by atoms with Gasteiger partial charge in [0, 0.05) is 34.6 Å². The van der Waals surface area contributed by atoms with Gasteiger partial charge in [0.25, 0.3) is 11.4 Å². The van der Waals surface area contributed by atoms with Gasteiger partial charge in [0.15, 0.2) is 16.5 Å². The molecule has 1 aromatic rings. The first kappa shape index (κ1) is 35.8. The Kier molecular flexibility index (Phi) is 11.8. The Morgan fingerprint density at radius 2 is 1.56 bits per heavy atom. The number of aromatic amines is 1. The number of thioether (sulfide) groups is 2. The second-order valence-electron chi connectivity index (χ2n) is 11.6. The lowest BCUT2D eigenvalue weighted by Gasteiger charge is -2.28. The normalized spacial score (nSPS) is 25.4. The third kappa shape index (κ3) is 9.57. The van der Waals surface area contributed by atoms with Crippen molar-refractivity contribution in [2.45, 2.75) is 72.3 Å². The van der Waals surface area contributed by atoms with Crippen LogP contribution in [0, 0.1) is 10.8 Å². The summed E-state index contributed by atoms with van der Waals surface area (Å²) in [5.41, 5.74) is -5.45. The molecule has 0 saturated carbocycles. The third-order valence-corrected chi connectivity index (χ3v) is 9.58. The summed E-state index contributed by atoms with van der Waals surface area (Å²) < 4.78 is 50.8. The van der Waals surface area contributed by atoms with Gasteiger partial charge in [-0.1, -0.05) is 65.1 Å². The van der Waals surface area contributed by atoms with Crippen LogP contribution in [0.15, 0.2) is 21.9 Å². The summed E-state index contributed by atoms with van der Waals surface area (Å²) in [5.74, 6) is -3.08. The minimum Gasteiger partial charge on any atom is -0.384 e. The number of aliphatic hydroxyl groups is 2. The van der Waals surface area contributed by atoms with E-state index in [2.05, 4.69) is 0 Å². The average Bonchev–Trinajstić information content (AvgIpc) is 3.02. The van der Waals surface area contributed by atoms with E-state index in [1.807, 2.05) is 4.98 Å². The van der Waals surface area contributed by atoms with Crippen LogP contribution in [0.1, 0.15) is 54.7 Å². The summed E-state index contributed by atoms with van der Waals surface area (Å²) in [4.78, 5) is 49.8. The molecular weight excluding hydrogens is 606 g/mol. The van der Waals surface area contributed by atoms with Gasteiger partial charge >= 0.3 is 13.5 Å². The molecule has 3 N–H and O–H groups in total. The van der Waals surface area contributed by atoms with Crippen LogP contribution < -0.4 is 11.2 Å². The number of hydrogen-bond donors (Lipinski definition) is 3. The SMILES string of the molecule is CC(C)(C)C(=O)SCCOP(=O)(OCCSC(=O)C(C)(C)C)OCC1(F)OC(n2ccc(=O)[nH]c2=O)C(C)(O)C1O. The zero-order chi connectivity index (χ0) is 31.4. The van der Waals surface area contributed by atoms with E-state index >= 15 is 4.39 Å². The van der Waals surface area contributed by atoms with Gasteiger partial charge in [0.2, 0.25) is 0 Å². The summed E-state index contributed by atoms with van der Waals surface area (Å²) >= 11 is 1.86. The number of nitrogens with zero attached hydrogens (tertiary/aromatic N) is 1. The summed E-state index contributed by atoms with van der Waals surface area (Å²) in [6.07, 6.45) is -3.17. The van der Waals surface area contributed by atoms with Crippen LogP contribution in [-0.2, 0) is 32.5 Å². The molecular formula is C24H38FN2O11PS2. The Labute approximate surface area is 245 Å². The molecule has 0 radical (unpaired) electrons. The largest absolute Gasteiger partial charge is 0.475 e. The number of phosphoric ester groups is 1. The Balaban J connectivity index is 2.16. The Morgan fingerprint density at radius 3 is 2.00 bits per heavy atom. The molecule has 1 fully saturated rings. The molecule has 234 valence electrons. The number of carbonyl (C=O) groups is 2. The maximum absolute atomic E-state index is 15.9. The molecule has 0 amide bonds. The number of ether oxygens (including phenoxy) is 1. The number of nitrogens with one attached hydrogen (secondary N) is 1. The second kappa shape index (κ2) is 13.5. The van der Waals surface area contributed by atoms with Crippen molar-refractivity contribution in [2.75, 3.05) is 31.3 Å². The summed E-state index contributed by atoms with van der Waals surface area (Å²) in [5, 5.41) is 21.1. The van der Waals surface area contributed by atoms with Crippen LogP contribution in [0.4, 0.5) is 4.39 Å². The van der Waals surface area contributed by atoms with Crippen LogP contribution in [0.3, 0.4) is 0 Å². The maximum atomic E-state index is 15.9. The first-order valence-corrected chi connectivity index (χ1v) is 16.0. The number of alkyl halides is 1. The van der Waals surface area contributed by atoms with Crippen molar-refractivity contribution in [1.82, 2.24) is 9.55 Å². The predicted octanol–water partition coefficient (Wildman–Crippen LogP) is 2.61. The molecule has 41 heavy (non-hydrogen) atoms.